The van der Waals surface area contributed by atoms with Crippen molar-refractivity contribution < 1.29 is 18.7 Å². The van der Waals surface area contributed by atoms with Crippen molar-refractivity contribution >= 4 is 5.78 Å². The lowest BCUT2D eigenvalue weighted by Crippen LogP contribution is -2.61. The Morgan fingerprint density at radius 1 is 1.05 bits per heavy atom. The highest BCUT2D eigenvalue weighted by Crippen LogP contribution is 2.49. The maximum atomic E-state index is 13.5. The van der Waals surface area contributed by atoms with Crippen LogP contribution in [0.15, 0.2) is 83.5 Å². The van der Waals surface area contributed by atoms with Crippen molar-refractivity contribution in [3.63, 3.8) is 0 Å². The number of benzene rings is 2. The molecule has 0 unspecified atom stereocenters. The fraction of sp³-hybridized carbons (Fsp3) is 0.438. The number of nitrogens with zero attached hydrogens (tertiary/aromatic N) is 2. The van der Waals surface area contributed by atoms with Crippen LogP contribution < -0.4 is 0 Å². The van der Waals surface area contributed by atoms with Crippen LogP contribution in [0.5, 0.6) is 0 Å². The largest absolute Gasteiger partial charge is 0.466 e. The summed E-state index contributed by atoms with van der Waals surface area (Å²) in [6.07, 6.45) is 3.90. The highest BCUT2D eigenvalue weighted by atomic mass is 16.7. The Morgan fingerprint density at radius 2 is 1.76 bits per heavy atom. The summed E-state index contributed by atoms with van der Waals surface area (Å²) in [5.41, 5.74) is 0.928. The minimum atomic E-state index is -1.19. The molecule has 2 aliphatic rings. The van der Waals surface area contributed by atoms with Crippen LogP contribution in [0.25, 0.3) is 0 Å². The molecule has 6 nitrogen and oxygen atoms in total. The molecule has 0 bridgehead atoms. The van der Waals surface area contributed by atoms with Crippen LogP contribution >= 0.6 is 0 Å². The Balaban J connectivity index is 1.60. The molecule has 2 fully saturated rings. The van der Waals surface area contributed by atoms with E-state index in [0.717, 1.165) is 24.0 Å². The molecule has 0 radical (unpaired) electrons. The van der Waals surface area contributed by atoms with E-state index in [1.165, 1.54) is 0 Å². The van der Waals surface area contributed by atoms with Crippen molar-refractivity contribution in [2.75, 3.05) is 13.7 Å². The molecule has 1 aliphatic carbocycles. The van der Waals surface area contributed by atoms with Gasteiger partial charge < -0.3 is 13.9 Å². The van der Waals surface area contributed by atoms with E-state index in [2.05, 4.69) is 35.2 Å². The second-order valence-electron chi connectivity index (χ2n) is 11.0. The van der Waals surface area contributed by atoms with Gasteiger partial charge in [-0.3, -0.25) is 9.69 Å². The first-order valence-corrected chi connectivity index (χ1v) is 13.5. The van der Waals surface area contributed by atoms with E-state index in [4.69, 9.17) is 13.9 Å². The van der Waals surface area contributed by atoms with Gasteiger partial charge in [0.1, 0.15) is 17.6 Å². The van der Waals surface area contributed by atoms with E-state index in [9.17, 15) is 10.1 Å². The summed E-state index contributed by atoms with van der Waals surface area (Å²) in [4.78, 5) is 15.6. The smallest absolute Gasteiger partial charge is 0.171 e. The number of furan rings is 1. The minimum Gasteiger partial charge on any atom is -0.466 e. The van der Waals surface area contributed by atoms with Gasteiger partial charge in [-0.05, 0) is 63.4 Å². The van der Waals surface area contributed by atoms with Gasteiger partial charge in [0.2, 0.25) is 0 Å². The number of carbonyl (C=O) groups excluding carboxylic acids is 1. The van der Waals surface area contributed by atoms with E-state index in [0.29, 0.717) is 25.2 Å². The van der Waals surface area contributed by atoms with Gasteiger partial charge >= 0.3 is 0 Å². The Labute approximate surface area is 225 Å². The molecular formula is C32H36N2O4. The third-order valence-electron chi connectivity index (χ3n) is 8.28. The number of ether oxygens (including phenoxy) is 2. The van der Waals surface area contributed by atoms with E-state index >= 15 is 0 Å². The summed E-state index contributed by atoms with van der Waals surface area (Å²) in [5, 5.41) is 11.1. The monoisotopic (exact) mass is 512 g/mol. The zero-order valence-corrected chi connectivity index (χ0v) is 22.4. The molecule has 198 valence electrons. The first-order chi connectivity index (χ1) is 18.4. The predicted molar refractivity (Wildman–Crippen MR) is 144 cm³/mol. The fourth-order valence-corrected chi connectivity index (χ4v) is 6.36. The summed E-state index contributed by atoms with van der Waals surface area (Å²) in [7, 11) is 1.95. The van der Waals surface area contributed by atoms with Gasteiger partial charge in [0.25, 0.3) is 0 Å². The standard InChI is InChI=1S/C32H36N2O4/c1-31(2)37-21-27(30(38-31)24-14-8-5-9-15-24)34(3)32(22-33,29-18-11-19-36-29)26-16-10-17-28(35)25(26)20-23-12-6-4-7-13-23/h4-9,11-15,18-19,25-27,30H,10,16-17,20-21H2,1-3H3/t25-,26+,27-,30-,32+/m0/s1. The van der Waals surface area contributed by atoms with Crippen molar-refractivity contribution in [3.8, 4) is 6.07 Å². The normalized spacial score (nSPS) is 27.0. The Kier molecular flexibility index (Phi) is 7.54. The minimum absolute atomic E-state index is 0.210. The number of ketones is 1. The molecule has 1 saturated heterocycles. The van der Waals surface area contributed by atoms with E-state index < -0.39 is 11.3 Å². The third-order valence-corrected chi connectivity index (χ3v) is 8.28. The van der Waals surface area contributed by atoms with Gasteiger partial charge in [-0.25, -0.2) is 0 Å². The van der Waals surface area contributed by atoms with Crippen molar-refractivity contribution in [3.05, 3.63) is 95.9 Å². The molecule has 1 aliphatic heterocycles. The maximum Gasteiger partial charge on any atom is 0.171 e. The average Bonchev–Trinajstić information content (AvgIpc) is 3.47. The first kappa shape index (κ1) is 26.4. The van der Waals surface area contributed by atoms with Crippen LogP contribution in [0.3, 0.4) is 0 Å². The van der Waals surface area contributed by atoms with Gasteiger partial charge in [0.05, 0.1) is 25.0 Å². The molecule has 5 rings (SSSR count). The lowest BCUT2D eigenvalue weighted by molar-refractivity contribution is -0.301. The molecule has 6 heteroatoms. The van der Waals surface area contributed by atoms with Crippen LogP contribution in [0.2, 0.25) is 0 Å². The molecule has 0 N–H and O–H groups in total. The Hall–Kier alpha value is -3.24. The second-order valence-corrected chi connectivity index (χ2v) is 11.0. The molecule has 0 spiro atoms. The summed E-state index contributed by atoms with van der Waals surface area (Å²) < 4.78 is 18.7. The number of hydrogen-bond donors (Lipinski definition) is 0. The lowest BCUT2D eigenvalue weighted by atomic mass is 9.64. The van der Waals surface area contributed by atoms with Gasteiger partial charge in [0, 0.05) is 18.3 Å². The van der Waals surface area contributed by atoms with Gasteiger partial charge in [-0.2, -0.15) is 5.26 Å². The number of hydrogen-bond acceptors (Lipinski definition) is 6. The first-order valence-electron chi connectivity index (χ1n) is 13.5. The number of Topliss-reactive ketones (excluding diaryl/α,β-unsaturated/α-hetero) is 1. The third kappa shape index (κ3) is 4.94. The SMILES string of the molecule is CN([C@H]1COC(C)(C)O[C@H]1c1ccccc1)[C@@](C#N)(c1ccco1)[C@@H]1CCCC(=O)[C@H]1Cc1ccccc1. The number of nitriles is 1. The molecule has 38 heavy (non-hydrogen) atoms. The quantitative estimate of drug-likeness (QED) is 0.384. The molecule has 1 aromatic heterocycles. The predicted octanol–water partition coefficient (Wildman–Crippen LogP) is 6.05. The molecule has 0 amide bonds. The Bertz CT molecular complexity index is 1250. The van der Waals surface area contributed by atoms with E-state index in [1.54, 1.807) is 6.26 Å². The van der Waals surface area contributed by atoms with Crippen molar-refractivity contribution in [1.82, 2.24) is 4.90 Å². The van der Waals surface area contributed by atoms with Crippen molar-refractivity contribution in [1.29, 1.82) is 5.26 Å². The topological polar surface area (TPSA) is 75.7 Å². The van der Waals surface area contributed by atoms with E-state index in [-0.39, 0.29) is 29.8 Å². The lowest BCUT2D eigenvalue weighted by Gasteiger charge is -2.52. The van der Waals surface area contributed by atoms with Gasteiger partial charge in [-0.15, -0.1) is 0 Å². The van der Waals surface area contributed by atoms with Crippen molar-refractivity contribution in [2.24, 2.45) is 11.8 Å². The zero-order valence-electron chi connectivity index (χ0n) is 22.4. The molecule has 1 saturated carbocycles. The Morgan fingerprint density at radius 3 is 2.42 bits per heavy atom. The zero-order chi connectivity index (χ0) is 26.8. The van der Waals surface area contributed by atoms with Crippen molar-refractivity contribution in [2.45, 2.75) is 63.0 Å². The molecule has 2 aromatic carbocycles. The number of rotatable bonds is 7. The van der Waals surface area contributed by atoms with Crippen LogP contribution in [-0.2, 0) is 26.2 Å². The highest BCUT2D eigenvalue weighted by molar-refractivity contribution is 5.82. The molecule has 3 aromatic rings. The maximum absolute atomic E-state index is 13.5. The molecular weight excluding hydrogens is 476 g/mol. The summed E-state index contributed by atoms with van der Waals surface area (Å²) in [6.45, 7) is 4.20. The van der Waals surface area contributed by atoms with Crippen LogP contribution in [-0.4, -0.2) is 36.2 Å². The summed E-state index contributed by atoms with van der Waals surface area (Å²) in [5.74, 6) is -0.584. The summed E-state index contributed by atoms with van der Waals surface area (Å²) >= 11 is 0. The average molecular weight is 513 g/mol. The fourth-order valence-electron chi connectivity index (χ4n) is 6.36. The van der Waals surface area contributed by atoms with Crippen LogP contribution in [0, 0.1) is 23.2 Å². The van der Waals surface area contributed by atoms with Crippen LogP contribution in [0.1, 0.15) is 56.1 Å². The number of likely N-dealkylation sites (N-methyl/N-ethyl adjacent to an activating group) is 1. The highest BCUT2D eigenvalue weighted by Gasteiger charge is 2.56. The van der Waals surface area contributed by atoms with Gasteiger partial charge in [-0.1, -0.05) is 60.7 Å². The molecule has 5 atom stereocenters. The van der Waals surface area contributed by atoms with Crippen LogP contribution in [0.4, 0.5) is 0 Å². The molecule has 2 heterocycles. The number of carbonyl (C=O) groups is 1. The summed E-state index contributed by atoms with van der Waals surface area (Å²) in [6, 6.07) is 26.2. The second kappa shape index (κ2) is 10.9. The van der Waals surface area contributed by atoms with Gasteiger partial charge in [0.15, 0.2) is 11.3 Å². The van der Waals surface area contributed by atoms with E-state index in [1.807, 2.05) is 69.4 Å².